The van der Waals surface area contributed by atoms with E-state index in [0.29, 0.717) is 6.61 Å². The van der Waals surface area contributed by atoms with Gasteiger partial charge in [0.05, 0.1) is 6.61 Å². The van der Waals surface area contributed by atoms with Gasteiger partial charge in [0.2, 0.25) is 0 Å². The Morgan fingerprint density at radius 1 is 1.75 bits per heavy atom. The maximum absolute atomic E-state index is 10.1. The van der Waals surface area contributed by atoms with E-state index in [-0.39, 0.29) is 5.97 Å². The van der Waals surface area contributed by atoms with Gasteiger partial charge in [0, 0.05) is 6.92 Å². The van der Waals surface area contributed by atoms with Gasteiger partial charge >= 0.3 is 5.97 Å². The highest BCUT2D eigenvalue weighted by molar-refractivity contribution is 5.65. The lowest BCUT2D eigenvalue weighted by Crippen LogP contribution is -1.99. The molecule has 0 saturated carbocycles. The summed E-state index contributed by atoms with van der Waals surface area (Å²) in [6, 6.07) is 0. The van der Waals surface area contributed by atoms with Gasteiger partial charge in [-0.25, -0.2) is 0 Å². The van der Waals surface area contributed by atoms with Gasteiger partial charge in [0.25, 0.3) is 0 Å². The Bertz CT molecular complexity index is 68.9. The van der Waals surface area contributed by atoms with Crippen LogP contribution in [0.1, 0.15) is 19.8 Å². The number of carbonyl (C=O) groups excluding carboxylic acids is 1. The third kappa shape index (κ3) is 5.47. The predicted molar refractivity (Wildman–Crippen MR) is 31.2 cm³/mol. The second-order valence-electron chi connectivity index (χ2n) is 1.55. The highest BCUT2D eigenvalue weighted by Crippen LogP contribution is 1.86. The highest BCUT2D eigenvalue weighted by atomic mass is 16.5. The minimum Gasteiger partial charge on any atom is -0.466 e. The van der Waals surface area contributed by atoms with E-state index in [4.69, 9.17) is 0 Å². The smallest absolute Gasteiger partial charge is 0.302 e. The first-order chi connectivity index (χ1) is 3.77. The Labute approximate surface area is 49.8 Å². The monoisotopic (exact) mass is 115 g/mol. The van der Waals surface area contributed by atoms with E-state index >= 15 is 0 Å². The number of carbonyl (C=O) groups is 1. The lowest BCUT2D eigenvalue weighted by molar-refractivity contribution is -0.141. The molecule has 8 heavy (non-hydrogen) atoms. The SMILES string of the molecule is [CH2]CCCOC(C)=O. The molecular weight excluding hydrogens is 104 g/mol. The van der Waals surface area contributed by atoms with Crippen LogP contribution >= 0.6 is 0 Å². The molecule has 2 nitrogen and oxygen atoms in total. The fourth-order valence-electron chi connectivity index (χ4n) is 0.318. The molecule has 0 N–H and O–H groups in total. The molecule has 0 saturated heterocycles. The van der Waals surface area contributed by atoms with Crippen LogP contribution in [0.25, 0.3) is 0 Å². The molecule has 0 spiro atoms. The zero-order valence-corrected chi connectivity index (χ0v) is 5.14. The quantitative estimate of drug-likeness (QED) is 0.407. The van der Waals surface area contributed by atoms with Crippen LogP contribution in [0.4, 0.5) is 0 Å². The van der Waals surface area contributed by atoms with Crippen LogP contribution in [0.5, 0.6) is 0 Å². The topological polar surface area (TPSA) is 26.3 Å². The summed E-state index contributed by atoms with van der Waals surface area (Å²) in [5, 5.41) is 0. The van der Waals surface area contributed by atoms with Crippen LogP contribution in [0.15, 0.2) is 0 Å². The first-order valence-corrected chi connectivity index (χ1v) is 2.70. The first kappa shape index (κ1) is 7.47. The molecule has 0 unspecified atom stereocenters. The van der Waals surface area contributed by atoms with Gasteiger partial charge in [-0.05, 0) is 6.42 Å². The van der Waals surface area contributed by atoms with Crippen molar-refractivity contribution in [2.24, 2.45) is 0 Å². The van der Waals surface area contributed by atoms with Crippen LogP contribution < -0.4 is 0 Å². The fourth-order valence-corrected chi connectivity index (χ4v) is 0.318. The summed E-state index contributed by atoms with van der Waals surface area (Å²) in [7, 11) is 0. The van der Waals surface area contributed by atoms with Gasteiger partial charge in [-0.3, -0.25) is 4.79 Å². The molecule has 0 amide bonds. The minimum atomic E-state index is -0.210. The molecule has 0 fully saturated rings. The van der Waals surface area contributed by atoms with E-state index in [9.17, 15) is 4.79 Å². The Morgan fingerprint density at radius 3 is 2.75 bits per heavy atom. The summed E-state index contributed by atoms with van der Waals surface area (Å²) in [5.74, 6) is -0.210. The minimum absolute atomic E-state index is 0.210. The van der Waals surface area contributed by atoms with Crippen LogP contribution in [-0.4, -0.2) is 12.6 Å². The number of rotatable bonds is 3. The molecule has 47 valence electrons. The Morgan fingerprint density at radius 2 is 2.38 bits per heavy atom. The van der Waals surface area contributed by atoms with Crippen molar-refractivity contribution in [2.45, 2.75) is 19.8 Å². The maximum Gasteiger partial charge on any atom is 0.302 e. The molecule has 0 aliphatic carbocycles. The summed E-state index contributed by atoms with van der Waals surface area (Å²) in [5.41, 5.74) is 0. The summed E-state index contributed by atoms with van der Waals surface area (Å²) < 4.78 is 4.60. The van der Waals surface area contributed by atoms with Crippen LogP contribution in [0.2, 0.25) is 0 Å². The van der Waals surface area contributed by atoms with E-state index in [1.54, 1.807) is 0 Å². The van der Waals surface area contributed by atoms with Crippen molar-refractivity contribution in [3.05, 3.63) is 6.92 Å². The molecule has 0 heterocycles. The lowest BCUT2D eigenvalue weighted by Gasteiger charge is -1.96. The normalized spacial score (nSPS) is 8.75. The molecule has 2 heteroatoms. The molecule has 0 aliphatic heterocycles. The summed E-state index contributed by atoms with van der Waals surface area (Å²) >= 11 is 0. The Hall–Kier alpha value is -0.530. The summed E-state index contributed by atoms with van der Waals surface area (Å²) in [6.45, 7) is 5.51. The van der Waals surface area contributed by atoms with Crippen molar-refractivity contribution in [1.29, 1.82) is 0 Å². The first-order valence-electron chi connectivity index (χ1n) is 2.70. The van der Waals surface area contributed by atoms with E-state index in [0.717, 1.165) is 12.8 Å². The van der Waals surface area contributed by atoms with E-state index in [1.807, 2.05) is 0 Å². The summed E-state index contributed by atoms with van der Waals surface area (Å²) in [4.78, 5) is 10.1. The lowest BCUT2D eigenvalue weighted by atomic mass is 10.4. The van der Waals surface area contributed by atoms with E-state index in [2.05, 4.69) is 11.7 Å². The van der Waals surface area contributed by atoms with Crippen molar-refractivity contribution in [1.82, 2.24) is 0 Å². The number of ether oxygens (including phenoxy) is 1. The second kappa shape index (κ2) is 4.62. The Kier molecular flexibility index (Phi) is 4.32. The fraction of sp³-hybridized carbons (Fsp3) is 0.667. The van der Waals surface area contributed by atoms with Gasteiger partial charge in [-0.1, -0.05) is 13.3 Å². The van der Waals surface area contributed by atoms with E-state index in [1.165, 1.54) is 6.92 Å². The number of hydrogen-bond donors (Lipinski definition) is 0. The molecule has 0 rings (SSSR count). The molecule has 0 aromatic carbocycles. The third-order valence-corrected chi connectivity index (χ3v) is 0.700. The average molecular weight is 115 g/mol. The van der Waals surface area contributed by atoms with Gasteiger partial charge in [-0.15, -0.1) is 0 Å². The predicted octanol–water partition coefficient (Wildman–Crippen LogP) is 1.16. The van der Waals surface area contributed by atoms with E-state index < -0.39 is 0 Å². The van der Waals surface area contributed by atoms with Crippen molar-refractivity contribution >= 4 is 5.97 Å². The van der Waals surface area contributed by atoms with Gasteiger partial charge in [-0.2, -0.15) is 0 Å². The molecule has 0 bridgehead atoms. The molecular formula is C6H11O2. The number of esters is 1. The van der Waals surface area contributed by atoms with Gasteiger partial charge in [0.15, 0.2) is 0 Å². The Balaban J connectivity index is 2.82. The molecule has 0 aromatic rings. The average Bonchev–Trinajstić information content (AvgIpc) is 1.66. The molecule has 0 aromatic heterocycles. The number of hydrogen-bond acceptors (Lipinski definition) is 2. The number of unbranched alkanes of at least 4 members (excludes halogenated alkanes) is 1. The van der Waals surface area contributed by atoms with Gasteiger partial charge < -0.3 is 4.74 Å². The second-order valence-corrected chi connectivity index (χ2v) is 1.55. The van der Waals surface area contributed by atoms with Crippen LogP contribution in [-0.2, 0) is 9.53 Å². The molecule has 1 radical (unpaired) electrons. The van der Waals surface area contributed by atoms with Crippen molar-refractivity contribution in [2.75, 3.05) is 6.61 Å². The maximum atomic E-state index is 10.1. The zero-order chi connectivity index (χ0) is 6.41. The van der Waals surface area contributed by atoms with Crippen LogP contribution in [0, 0.1) is 6.92 Å². The largest absolute Gasteiger partial charge is 0.466 e. The standard InChI is InChI=1S/C6H11O2/c1-3-4-5-8-6(2)7/h1,3-5H2,2H3. The third-order valence-electron chi connectivity index (χ3n) is 0.700. The van der Waals surface area contributed by atoms with Crippen molar-refractivity contribution in [3.63, 3.8) is 0 Å². The zero-order valence-electron chi connectivity index (χ0n) is 5.14. The molecule has 0 aliphatic rings. The van der Waals surface area contributed by atoms with Crippen molar-refractivity contribution < 1.29 is 9.53 Å². The summed E-state index contributed by atoms with van der Waals surface area (Å²) in [6.07, 6.45) is 1.69. The molecule has 0 atom stereocenters. The highest BCUT2D eigenvalue weighted by Gasteiger charge is 1.88. The van der Waals surface area contributed by atoms with Gasteiger partial charge in [0.1, 0.15) is 0 Å². The van der Waals surface area contributed by atoms with Crippen molar-refractivity contribution in [3.8, 4) is 0 Å². The van der Waals surface area contributed by atoms with Crippen LogP contribution in [0.3, 0.4) is 0 Å².